The van der Waals surface area contributed by atoms with Gasteiger partial charge in [-0.15, -0.1) is 0 Å². The van der Waals surface area contributed by atoms with Crippen LogP contribution in [0.4, 0.5) is 13.2 Å². The maximum atomic E-state index is 10.7. The molecule has 0 aromatic carbocycles. The zero-order chi connectivity index (χ0) is 19.9. The molecule has 0 spiro atoms. The summed E-state index contributed by atoms with van der Waals surface area (Å²) in [5, 5.41) is 27.1. The third kappa shape index (κ3) is 14.7. The van der Waals surface area contributed by atoms with Gasteiger partial charge < -0.3 is 25.8 Å². The zero-order valence-corrected chi connectivity index (χ0v) is 15.0. The van der Waals surface area contributed by atoms with Crippen molar-refractivity contribution in [3.05, 3.63) is 0 Å². The molecule has 1 aliphatic heterocycles. The second-order valence-corrected chi connectivity index (χ2v) is 4.82. The first-order chi connectivity index (χ1) is 11.0. The second kappa shape index (κ2) is 15.6. The van der Waals surface area contributed by atoms with Crippen molar-refractivity contribution in [2.24, 2.45) is 5.73 Å². The van der Waals surface area contributed by atoms with Crippen molar-refractivity contribution in [3.63, 3.8) is 0 Å². The Morgan fingerprint density at radius 1 is 1.21 bits per heavy atom. The first-order valence-corrected chi connectivity index (χ1v) is 8.00. The van der Waals surface area contributed by atoms with Gasteiger partial charge in [0, 0.05) is 6.42 Å². The van der Waals surface area contributed by atoms with Gasteiger partial charge in [-0.1, -0.05) is 40.5 Å². The van der Waals surface area contributed by atoms with E-state index in [2.05, 4.69) is 19.6 Å². The topological polar surface area (TPSA) is 113 Å². The van der Waals surface area contributed by atoms with Crippen LogP contribution in [0.25, 0.3) is 0 Å². The first-order valence-electron chi connectivity index (χ1n) is 8.00. The van der Waals surface area contributed by atoms with E-state index in [0.29, 0.717) is 6.42 Å². The summed E-state index contributed by atoms with van der Waals surface area (Å²) in [4.78, 5) is 9.12. The number of rotatable bonds is 2. The van der Waals surface area contributed by atoms with E-state index in [1.165, 1.54) is 12.8 Å². The predicted molar refractivity (Wildman–Crippen MR) is 85.2 cm³/mol. The summed E-state index contributed by atoms with van der Waals surface area (Å²) in [6.45, 7) is 9.92. The lowest BCUT2D eigenvalue weighted by atomic mass is 9.99. The molecule has 1 unspecified atom stereocenters. The Labute approximate surface area is 141 Å². The van der Waals surface area contributed by atoms with Crippen LogP contribution in [0.2, 0.25) is 0 Å². The van der Waals surface area contributed by atoms with Gasteiger partial charge in [-0.05, 0) is 6.92 Å². The molecule has 1 aliphatic rings. The molecule has 0 aromatic rings. The highest BCUT2D eigenvalue weighted by Crippen LogP contribution is 2.19. The van der Waals surface area contributed by atoms with Crippen molar-refractivity contribution >= 4 is 5.91 Å². The molecule has 1 rings (SSSR count). The maximum Gasteiger partial charge on any atom is 0.470 e. The fourth-order valence-corrected chi connectivity index (χ4v) is 1.31. The van der Waals surface area contributed by atoms with E-state index in [-0.39, 0.29) is 12.7 Å². The molecular weight excluding hydrogens is 331 g/mol. The second-order valence-electron chi connectivity index (χ2n) is 4.82. The lowest BCUT2D eigenvalue weighted by Gasteiger charge is -2.34. The molecule has 5 N–H and O–H groups in total. The van der Waals surface area contributed by atoms with Crippen molar-refractivity contribution in [3.8, 4) is 0 Å². The minimum atomic E-state index is -4.86. The van der Waals surface area contributed by atoms with Crippen LogP contribution in [0.15, 0.2) is 0 Å². The largest absolute Gasteiger partial charge is 0.470 e. The van der Waals surface area contributed by atoms with Crippen LogP contribution in [-0.4, -0.2) is 58.4 Å². The fraction of sp³-hybridized carbons (Fsp3) is 0.933. The van der Waals surface area contributed by atoms with Crippen LogP contribution in [-0.2, 0) is 9.53 Å². The minimum absolute atomic E-state index is 0.0921. The van der Waals surface area contributed by atoms with Gasteiger partial charge in [0.1, 0.15) is 12.2 Å². The number of hydrogen-bond acceptors (Lipinski definition) is 5. The maximum absolute atomic E-state index is 10.7. The zero-order valence-electron chi connectivity index (χ0n) is 15.0. The molecule has 0 radical (unpaired) electrons. The van der Waals surface area contributed by atoms with Gasteiger partial charge in [0.05, 0.1) is 18.8 Å². The number of carbonyl (C=O) groups excluding carboxylic acids is 1. The first kappa shape index (κ1) is 27.9. The van der Waals surface area contributed by atoms with Gasteiger partial charge in [-0.2, -0.15) is 13.2 Å². The Bertz CT molecular complexity index is 301. The number of carbonyl (C=O) groups is 1. The van der Waals surface area contributed by atoms with Gasteiger partial charge in [0.15, 0.2) is 0 Å². The molecule has 1 saturated heterocycles. The molecule has 4 atom stereocenters. The van der Waals surface area contributed by atoms with Gasteiger partial charge in [-0.3, -0.25) is 4.79 Å². The summed E-state index contributed by atoms with van der Waals surface area (Å²) in [6, 6.07) is 0. The average Bonchev–Trinajstić information content (AvgIpc) is 2.52. The fourth-order valence-electron chi connectivity index (χ4n) is 1.31. The highest BCUT2D eigenvalue weighted by atomic mass is 19.4. The van der Waals surface area contributed by atoms with Crippen molar-refractivity contribution in [2.75, 3.05) is 6.61 Å². The number of unbranched alkanes of at least 4 members (excludes halogenated alkanes) is 1. The van der Waals surface area contributed by atoms with Gasteiger partial charge in [-0.25, -0.2) is 0 Å². The predicted octanol–water partition coefficient (Wildman–Crippen LogP) is 1.74. The van der Waals surface area contributed by atoms with Crippen LogP contribution in [0, 0.1) is 0 Å². The Balaban J connectivity index is -0.000000293. The molecule has 0 saturated carbocycles. The molecule has 0 bridgehead atoms. The summed E-state index contributed by atoms with van der Waals surface area (Å²) in [7, 11) is 0. The van der Waals surface area contributed by atoms with E-state index >= 15 is 0 Å². The normalized spacial score (nSPS) is 25.8. The Kier molecular flexibility index (Phi) is 18.2. The van der Waals surface area contributed by atoms with Crippen LogP contribution in [0.3, 0.4) is 0 Å². The third-order valence-electron chi connectivity index (χ3n) is 2.71. The number of nitrogens with two attached hydrogens (primary N) is 1. The van der Waals surface area contributed by atoms with Crippen molar-refractivity contribution < 1.29 is 38.0 Å². The Hall–Kier alpha value is -0.900. The van der Waals surface area contributed by atoms with Crippen molar-refractivity contribution in [2.45, 2.75) is 84.5 Å². The van der Waals surface area contributed by atoms with E-state index in [0.717, 1.165) is 0 Å². The highest BCUT2D eigenvalue weighted by Gasteiger charge is 2.35. The number of amides is 1. The summed E-state index contributed by atoms with van der Waals surface area (Å²) in [5.41, 5.74) is 3.81. The quantitative estimate of drug-likeness (QED) is 0.597. The van der Waals surface area contributed by atoms with Crippen molar-refractivity contribution in [1.29, 1.82) is 0 Å². The minimum Gasteiger partial charge on any atom is -0.394 e. The number of ether oxygens (including phenoxy) is 1. The summed E-state index contributed by atoms with van der Waals surface area (Å²) < 4.78 is 37.3. The van der Waals surface area contributed by atoms with E-state index in [9.17, 15) is 23.4 Å². The Morgan fingerprint density at radius 2 is 1.58 bits per heavy atom. The molecule has 148 valence electrons. The smallest absolute Gasteiger partial charge is 0.394 e. The van der Waals surface area contributed by atoms with Crippen molar-refractivity contribution in [1.82, 2.24) is 0 Å². The highest BCUT2D eigenvalue weighted by molar-refractivity contribution is 5.79. The lowest BCUT2D eigenvalue weighted by molar-refractivity contribution is -0.174. The summed E-state index contributed by atoms with van der Waals surface area (Å²) >= 11 is 0. The standard InChI is InChI=1S/C7H14O4.C4H10.C2H2F3NO.C2H6/c1-4-2-5(9)7(10)6(3-8)11-4;1-3-4-2;3-2(4,5)1(6)7;1-2/h4-10H,2-3H2,1H3;3-4H2,1-2H3;(H2,6,7);1-2H3/t4?,5-,6-,7-;;;/m1.../s1. The number of alkyl halides is 3. The number of hydrogen-bond donors (Lipinski definition) is 4. The monoisotopic (exact) mass is 363 g/mol. The third-order valence-corrected chi connectivity index (χ3v) is 2.71. The van der Waals surface area contributed by atoms with E-state index in [4.69, 9.17) is 14.6 Å². The van der Waals surface area contributed by atoms with E-state index in [1.54, 1.807) is 6.92 Å². The molecule has 24 heavy (non-hydrogen) atoms. The number of halogens is 3. The Morgan fingerprint density at radius 3 is 1.83 bits per heavy atom. The molecular formula is C15H32F3NO5. The van der Waals surface area contributed by atoms with Crippen LogP contribution in [0.1, 0.15) is 53.9 Å². The van der Waals surface area contributed by atoms with Gasteiger partial charge in [0.25, 0.3) is 0 Å². The van der Waals surface area contributed by atoms with Crippen LogP contribution >= 0.6 is 0 Å². The molecule has 1 heterocycles. The van der Waals surface area contributed by atoms with Gasteiger partial charge >= 0.3 is 12.1 Å². The van der Waals surface area contributed by atoms with E-state index in [1.807, 2.05) is 13.8 Å². The number of aliphatic hydroxyl groups is 3. The van der Waals surface area contributed by atoms with E-state index < -0.39 is 30.4 Å². The lowest BCUT2D eigenvalue weighted by Crippen LogP contribution is -2.49. The molecule has 6 nitrogen and oxygen atoms in total. The summed E-state index contributed by atoms with van der Waals surface area (Å²) in [5.74, 6) is -2.26. The van der Waals surface area contributed by atoms with Crippen LogP contribution in [0.5, 0.6) is 0 Å². The number of primary amides is 1. The number of aliphatic hydroxyl groups excluding tert-OH is 3. The SMILES string of the molecule is CC.CC1C[C@@H](O)[C@@H](O)[C@@H](CO)O1.CCCC.NC(=O)C(F)(F)F. The molecule has 1 fully saturated rings. The average molecular weight is 363 g/mol. The van der Waals surface area contributed by atoms with Crippen LogP contribution < -0.4 is 5.73 Å². The molecule has 1 amide bonds. The van der Waals surface area contributed by atoms with Gasteiger partial charge in [0.2, 0.25) is 0 Å². The summed E-state index contributed by atoms with van der Waals surface area (Å²) in [6.07, 6.45) is -4.23. The molecule has 0 aliphatic carbocycles. The molecule has 9 heteroatoms. The molecule has 0 aromatic heterocycles.